The first kappa shape index (κ1) is 16.7. The number of amides is 1. The number of aromatic amines is 1. The smallest absolute Gasteiger partial charge is 0.268 e. The van der Waals surface area contributed by atoms with Crippen LogP contribution in [0.5, 0.6) is 0 Å². The second kappa shape index (κ2) is 6.87. The SMILES string of the molecule is NC(=O)c1csc(N2CCC[C@H](c3[nH]ncc3-c3ccc(F)cc3)C2)n1. The molecule has 1 fully saturated rings. The third-order valence-corrected chi connectivity index (χ3v) is 5.57. The fraction of sp³-hybridized carbons (Fsp3) is 0.278. The van der Waals surface area contributed by atoms with Gasteiger partial charge < -0.3 is 10.6 Å². The Morgan fingerprint density at radius 1 is 1.35 bits per heavy atom. The zero-order valence-electron chi connectivity index (χ0n) is 14.0. The van der Waals surface area contributed by atoms with Gasteiger partial charge >= 0.3 is 0 Å². The van der Waals surface area contributed by atoms with Gasteiger partial charge in [0.1, 0.15) is 11.5 Å². The number of anilines is 1. The van der Waals surface area contributed by atoms with Crippen LogP contribution in [0.1, 0.15) is 34.9 Å². The van der Waals surface area contributed by atoms with E-state index in [9.17, 15) is 9.18 Å². The Morgan fingerprint density at radius 2 is 2.15 bits per heavy atom. The average molecular weight is 371 g/mol. The minimum Gasteiger partial charge on any atom is -0.364 e. The number of hydrogen-bond donors (Lipinski definition) is 2. The van der Waals surface area contributed by atoms with Gasteiger partial charge in [-0.05, 0) is 30.5 Å². The van der Waals surface area contributed by atoms with Crippen molar-refractivity contribution in [2.45, 2.75) is 18.8 Å². The van der Waals surface area contributed by atoms with Crippen LogP contribution < -0.4 is 10.6 Å². The summed E-state index contributed by atoms with van der Waals surface area (Å²) in [6.45, 7) is 1.67. The fourth-order valence-electron chi connectivity index (χ4n) is 3.38. The van der Waals surface area contributed by atoms with Gasteiger partial charge in [0, 0.05) is 35.6 Å². The lowest BCUT2D eigenvalue weighted by Gasteiger charge is -2.32. The Balaban J connectivity index is 1.58. The van der Waals surface area contributed by atoms with Crippen LogP contribution in [0, 0.1) is 5.82 Å². The van der Waals surface area contributed by atoms with Crippen LogP contribution in [0.25, 0.3) is 11.1 Å². The fourth-order valence-corrected chi connectivity index (χ4v) is 4.23. The number of primary amides is 1. The van der Waals surface area contributed by atoms with Crippen LogP contribution in [0.4, 0.5) is 9.52 Å². The molecule has 1 saturated heterocycles. The molecule has 6 nitrogen and oxygen atoms in total. The van der Waals surface area contributed by atoms with Gasteiger partial charge in [0.05, 0.1) is 6.20 Å². The molecule has 1 aliphatic heterocycles. The highest BCUT2D eigenvalue weighted by atomic mass is 32.1. The molecular formula is C18H18FN5OS. The quantitative estimate of drug-likeness (QED) is 0.737. The normalized spacial score (nSPS) is 17.4. The van der Waals surface area contributed by atoms with E-state index in [0.29, 0.717) is 5.69 Å². The van der Waals surface area contributed by atoms with E-state index in [1.54, 1.807) is 23.7 Å². The van der Waals surface area contributed by atoms with Crippen molar-refractivity contribution < 1.29 is 9.18 Å². The van der Waals surface area contributed by atoms with Crippen molar-refractivity contribution in [2.75, 3.05) is 18.0 Å². The predicted octanol–water partition coefficient (Wildman–Crippen LogP) is 3.16. The van der Waals surface area contributed by atoms with E-state index >= 15 is 0 Å². The van der Waals surface area contributed by atoms with Crippen LogP contribution in [-0.4, -0.2) is 34.2 Å². The van der Waals surface area contributed by atoms with Gasteiger partial charge in [-0.15, -0.1) is 11.3 Å². The zero-order valence-corrected chi connectivity index (χ0v) is 14.8. The monoisotopic (exact) mass is 371 g/mol. The minimum absolute atomic E-state index is 0.253. The molecule has 0 unspecified atom stereocenters. The molecule has 3 N–H and O–H groups in total. The molecule has 4 rings (SSSR count). The van der Waals surface area contributed by atoms with E-state index in [1.807, 2.05) is 0 Å². The van der Waals surface area contributed by atoms with Gasteiger partial charge in [-0.3, -0.25) is 9.89 Å². The number of piperidine rings is 1. The Kier molecular flexibility index (Phi) is 4.42. The summed E-state index contributed by atoms with van der Waals surface area (Å²) in [7, 11) is 0. The lowest BCUT2D eigenvalue weighted by atomic mass is 9.91. The average Bonchev–Trinajstić information content (AvgIpc) is 3.32. The summed E-state index contributed by atoms with van der Waals surface area (Å²) in [5, 5.41) is 9.84. The maximum absolute atomic E-state index is 13.2. The van der Waals surface area contributed by atoms with Gasteiger partial charge in [-0.1, -0.05) is 12.1 Å². The Hall–Kier alpha value is -2.74. The molecular weight excluding hydrogens is 353 g/mol. The van der Waals surface area contributed by atoms with Crippen molar-refractivity contribution in [1.29, 1.82) is 0 Å². The predicted molar refractivity (Wildman–Crippen MR) is 98.8 cm³/mol. The molecule has 134 valence electrons. The van der Waals surface area contributed by atoms with Gasteiger partial charge in [0.2, 0.25) is 0 Å². The third kappa shape index (κ3) is 3.20. The van der Waals surface area contributed by atoms with E-state index in [0.717, 1.165) is 47.9 Å². The van der Waals surface area contributed by atoms with Crippen LogP contribution in [-0.2, 0) is 0 Å². The number of halogens is 1. The second-order valence-corrected chi connectivity index (χ2v) is 7.21. The van der Waals surface area contributed by atoms with E-state index in [4.69, 9.17) is 5.73 Å². The summed E-state index contributed by atoms with van der Waals surface area (Å²) in [5.41, 5.74) is 8.59. The second-order valence-electron chi connectivity index (χ2n) is 6.37. The number of nitrogens with one attached hydrogen (secondary N) is 1. The minimum atomic E-state index is -0.506. The van der Waals surface area contributed by atoms with E-state index in [2.05, 4.69) is 20.1 Å². The summed E-state index contributed by atoms with van der Waals surface area (Å²) >= 11 is 1.43. The van der Waals surface area contributed by atoms with Crippen molar-refractivity contribution >= 4 is 22.4 Å². The largest absolute Gasteiger partial charge is 0.364 e. The third-order valence-electron chi connectivity index (χ3n) is 4.67. The molecule has 0 spiro atoms. The summed E-state index contributed by atoms with van der Waals surface area (Å²) in [4.78, 5) is 17.8. The number of rotatable bonds is 4. The molecule has 1 atom stereocenters. The molecule has 1 aliphatic rings. The molecule has 1 amide bonds. The number of H-pyrrole nitrogens is 1. The van der Waals surface area contributed by atoms with Gasteiger partial charge in [0.25, 0.3) is 5.91 Å². The number of carbonyl (C=O) groups excluding carboxylic acids is 1. The Morgan fingerprint density at radius 3 is 2.88 bits per heavy atom. The van der Waals surface area contributed by atoms with Gasteiger partial charge in [0.15, 0.2) is 5.13 Å². The first-order valence-corrected chi connectivity index (χ1v) is 9.29. The lowest BCUT2D eigenvalue weighted by Crippen LogP contribution is -2.34. The van der Waals surface area contributed by atoms with Gasteiger partial charge in [-0.2, -0.15) is 5.10 Å². The first-order chi connectivity index (χ1) is 12.6. The topological polar surface area (TPSA) is 87.9 Å². The number of nitrogens with two attached hydrogens (primary N) is 1. The molecule has 8 heteroatoms. The lowest BCUT2D eigenvalue weighted by molar-refractivity contribution is 0.0996. The highest BCUT2D eigenvalue weighted by Crippen LogP contribution is 2.35. The number of nitrogens with zero attached hydrogens (tertiary/aromatic N) is 3. The maximum Gasteiger partial charge on any atom is 0.268 e. The number of hydrogen-bond acceptors (Lipinski definition) is 5. The highest BCUT2D eigenvalue weighted by molar-refractivity contribution is 7.13. The van der Waals surface area contributed by atoms with E-state index < -0.39 is 5.91 Å². The molecule has 0 aliphatic carbocycles. The van der Waals surface area contributed by atoms with Crippen molar-refractivity contribution in [3.63, 3.8) is 0 Å². The molecule has 0 saturated carbocycles. The van der Waals surface area contributed by atoms with Crippen molar-refractivity contribution in [3.05, 3.63) is 53.0 Å². The Labute approximate surface area is 153 Å². The molecule has 0 radical (unpaired) electrons. The molecule has 1 aromatic carbocycles. The molecule has 26 heavy (non-hydrogen) atoms. The standard InChI is InChI=1S/C18H18FN5OS/c19-13-5-3-11(4-6-13)14-8-21-23-16(14)12-2-1-7-24(9-12)18-22-15(10-26-18)17(20)25/h3-6,8,10,12H,1-2,7,9H2,(H2,20,25)(H,21,23)/t12-/m0/s1. The summed E-state index contributed by atoms with van der Waals surface area (Å²) in [5.74, 6) is -0.503. The van der Waals surface area contributed by atoms with Gasteiger partial charge in [-0.25, -0.2) is 9.37 Å². The number of thiazole rings is 1. The summed E-state index contributed by atoms with van der Waals surface area (Å²) in [6, 6.07) is 6.45. The Bertz CT molecular complexity index is 920. The first-order valence-electron chi connectivity index (χ1n) is 8.41. The molecule has 3 aromatic rings. The number of benzene rings is 1. The summed E-state index contributed by atoms with van der Waals surface area (Å²) in [6.07, 6.45) is 3.83. The van der Waals surface area contributed by atoms with Crippen LogP contribution in [0.3, 0.4) is 0 Å². The molecule has 2 aromatic heterocycles. The van der Waals surface area contributed by atoms with Crippen LogP contribution >= 0.6 is 11.3 Å². The van der Waals surface area contributed by atoms with Crippen LogP contribution in [0.2, 0.25) is 0 Å². The van der Waals surface area contributed by atoms with Crippen molar-refractivity contribution in [2.24, 2.45) is 5.73 Å². The van der Waals surface area contributed by atoms with Crippen LogP contribution in [0.15, 0.2) is 35.8 Å². The van der Waals surface area contributed by atoms with Crippen molar-refractivity contribution in [3.8, 4) is 11.1 Å². The number of carbonyl (C=O) groups is 1. The van der Waals surface area contributed by atoms with E-state index in [1.165, 1.54) is 23.5 Å². The molecule has 0 bridgehead atoms. The number of aromatic nitrogens is 3. The molecule has 3 heterocycles. The maximum atomic E-state index is 13.2. The van der Waals surface area contributed by atoms with Crippen molar-refractivity contribution in [1.82, 2.24) is 15.2 Å². The highest BCUT2D eigenvalue weighted by Gasteiger charge is 2.27. The summed E-state index contributed by atoms with van der Waals surface area (Å²) < 4.78 is 13.2. The zero-order chi connectivity index (χ0) is 18.1. The van der Waals surface area contributed by atoms with E-state index in [-0.39, 0.29) is 11.7 Å².